The van der Waals surface area contributed by atoms with E-state index in [9.17, 15) is 15.3 Å². The van der Waals surface area contributed by atoms with Crippen molar-refractivity contribution in [2.75, 3.05) is 0 Å². The van der Waals surface area contributed by atoms with Crippen LogP contribution in [0.15, 0.2) is 0 Å². The second-order valence-electron chi connectivity index (χ2n) is 4.45. The molecule has 3 heteroatoms. The Bertz CT molecular complexity index is 153. The highest BCUT2D eigenvalue weighted by molar-refractivity contribution is 4.76. The van der Waals surface area contributed by atoms with Crippen molar-refractivity contribution in [2.24, 2.45) is 5.92 Å². The van der Waals surface area contributed by atoms with Gasteiger partial charge in [0.2, 0.25) is 0 Å². The summed E-state index contributed by atoms with van der Waals surface area (Å²) in [5.74, 6) is 0.481. The fraction of sp³-hybridized carbons (Fsp3) is 1.00. The summed E-state index contributed by atoms with van der Waals surface area (Å²) < 4.78 is 0. The molecule has 3 N–H and O–H groups in total. The molecule has 2 atom stereocenters. The van der Waals surface area contributed by atoms with Crippen molar-refractivity contribution in [3.05, 3.63) is 0 Å². The van der Waals surface area contributed by atoms with Crippen molar-refractivity contribution in [1.82, 2.24) is 0 Å². The molecule has 14 heavy (non-hydrogen) atoms. The molecule has 0 aliphatic heterocycles. The Balaban J connectivity index is 2.23. The highest BCUT2D eigenvalue weighted by atomic mass is 16.3. The molecule has 0 aromatic heterocycles. The first-order valence-electron chi connectivity index (χ1n) is 5.67. The summed E-state index contributed by atoms with van der Waals surface area (Å²) >= 11 is 0. The van der Waals surface area contributed by atoms with Crippen molar-refractivity contribution in [1.29, 1.82) is 0 Å². The molecule has 1 saturated carbocycles. The van der Waals surface area contributed by atoms with Crippen molar-refractivity contribution in [3.63, 3.8) is 0 Å². The van der Waals surface area contributed by atoms with E-state index in [1.807, 2.05) is 6.92 Å². The lowest BCUT2D eigenvalue weighted by Gasteiger charge is -2.28. The molecule has 3 nitrogen and oxygen atoms in total. The van der Waals surface area contributed by atoms with E-state index < -0.39 is 12.2 Å². The number of rotatable bonds is 4. The molecule has 1 aliphatic rings. The van der Waals surface area contributed by atoms with Gasteiger partial charge in [-0.3, -0.25) is 0 Å². The maximum atomic E-state index is 9.62. The molecule has 0 bridgehead atoms. The van der Waals surface area contributed by atoms with Crippen LogP contribution in [-0.2, 0) is 0 Å². The van der Waals surface area contributed by atoms with E-state index in [0.29, 0.717) is 18.8 Å². The molecule has 0 heterocycles. The quantitative estimate of drug-likeness (QED) is 0.639. The Morgan fingerprint density at radius 3 is 2.14 bits per heavy atom. The largest absolute Gasteiger partial charge is 0.393 e. The third-order valence-corrected chi connectivity index (χ3v) is 3.25. The number of hydrogen-bond donors (Lipinski definition) is 3. The summed E-state index contributed by atoms with van der Waals surface area (Å²) in [5.41, 5.74) is 0. The van der Waals surface area contributed by atoms with Crippen LogP contribution in [0.2, 0.25) is 0 Å². The monoisotopic (exact) mass is 202 g/mol. The molecule has 0 saturated heterocycles. The van der Waals surface area contributed by atoms with Crippen LogP contribution in [0.3, 0.4) is 0 Å². The van der Waals surface area contributed by atoms with Crippen LogP contribution in [-0.4, -0.2) is 33.6 Å². The standard InChI is InChI=1S/C11H22O3/c1-2-10(13)11(14)7-8-3-5-9(12)6-4-8/h8-14H,2-7H2,1H3. The maximum absolute atomic E-state index is 9.62. The normalized spacial score (nSPS) is 32.6. The van der Waals surface area contributed by atoms with E-state index in [1.54, 1.807) is 0 Å². The van der Waals surface area contributed by atoms with E-state index in [0.717, 1.165) is 25.7 Å². The highest BCUT2D eigenvalue weighted by Gasteiger charge is 2.24. The lowest BCUT2D eigenvalue weighted by atomic mass is 9.83. The molecule has 2 unspecified atom stereocenters. The summed E-state index contributed by atoms with van der Waals surface area (Å²) in [6.07, 6.45) is 3.64. The molecule has 1 aliphatic carbocycles. The minimum absolute atomic E-state index is 0.139. The molecule has 0 aromatic carbocycles. The summed E-state index contributed by atoms with van der Waals surface area (Å²) in [4.78, 5) is 0. The van der Waals surface area contributed by atoms with E-state index in [-0.39, 0.29) is 6.10 Å². The van der Waals surface area contributed by atoms with Gasteiger partial charge in [-0.15, -0.1) is 0 Å². The fourth-order valence-corrected chi connectivity index (χ4v) is 2.15. The number of hydrogen-bond acceptors (Lipinski definition) is 3. The molecule has 0 amide bonds. The first-order valence-corrected chi connectivity index (χ1v) is 5.67. The fourth-order valence-electron chi connectivity index (χ4n) is 2.15. The van der Waals surface area contributed by atoms with E-state index in [1.165, 1.54) is 0 Å². The van der Waals surface area contributed by atoms with Crippen LogP contribution in [0, 0.1) is 5.92 Å². The lowest BCUT2D eigenvalue weighted by Crippen LogP contribution is -2.29. The van der Waals surface area contributed by atoms with Crippen LogP contribution in [0.5, 0.6) is 0 Å². The zero-order chi connectivity index (χ0) is 10.6. The van der Waals surface area contributed by atoms with E-state index in [4.69, 9.17) is 0 Å². The van der Waals surface area contributed by atoms with Gasteiger partial charge in [-0.25, -0.2) is 0 Å². The Kier molecular flexibility index (Phi) is 4.85. The van der Waals surface area contributed by atoms with E-state index in [2.05, 4.69) is 0 Å². The highest BCUT2D eigenvalue weighted by Crippen LogP contribution is 2.28. The Morgan fingerprint density at radius 2 is 1.64 bits per heavy atom. The van der Waals surface area contributed by atoms with Crippen molar-refractivity contribution >= 4 is 0 Å². The average molecular weight is 202 g/mol. The second kappa shape index (κ2) is 5.69. The van der Waals surface area contributed by atoms with Gasteiger partial charge in [0.1, 0.15) is 0 Å². The van der Waals surface area contributed by atoms with Gasteiger partial charge in [-0.2, -0.15) is 0 Å². The first kappa shape index (κ1) is 12.0. The Hall–Kier alpha value is -0.120. The van der Waals surface area contributed by atoms with Gasteiger partial charge in [0.15, 0.2) is 0 Å². The van der Waals surface area contributed by atoms with Crippen molar-refractivity contribution in [3.8, 4) is 0 Å². The zero-order valence-electron chi connectivity index (χ0n) is 8.89. The van der Waals surface area contributed by atoms with Crippen LogP contribution in [0.4, 0.5) is 0 Å². The van der Waals surface area contributed by atoms with Crippen molar-refractivity contribution < 1.29 is 15.3 Å². The molecule has 0 aromatic rings. The third kappa shape index (κ3) is 3.56. The number of aliphatic hydroxyl groups is 3. The van der Waals surface area contributed by atoms with Gasteiger partial charge in [0.25, 0.3) is 0 Å². The maximum Gasteiger partial charge on any atom is 0.0801 e. The summed E-state index contributed by atoms with van der Waals surface area (Å²) in [6, 6.07) is 0. The van der Waals surface area contributed by atoms with Crippen LogP contribution >= 0.6 is 0 Å². The topological polar surface area (TPSA) is 60.7 Å². The summed E-state index contributed by atoms with van der Waals surface area (Å²) in [5, 5.41) is 28.3. The van der Waals surface area contributed by atoms with Crippen LogP contribution < -0.4 is 0 Å². The summed E-state index contributed by atoms with van der Waals surface area (Å²) in [6.45, 7) is 1.87. The SMILES string of the molecule is CCC(O)C(O)CC1CCC(O)CC1. The van der Waals surface area contributed by atoms with Gasteiger partial charge >= 0.3 is 0 Å². The molecule has 84 valence electrons. The van der Waals surface area contributed by atoms with Crippen LogP contribution in [0.1, 0.15) is 45.4 Å². The van der Waals surface area contributed by atoms with Crippen molar-refractivity contribution in [2.45, 2.75) is 63.8 Å². The molecule has 1 fully saturated rings. The minimum atomic E-state index is -0.583. The van der Waals surface area contributed by atoms with Gasteiger partial charge in [-0.1, -0.05) is 6.92 Å². The zero-order valence-corrected chi connectivity index (χ0v) is 8.89. The Labute approximate surface area is 85.8 Å². The molecule has 0 spiro atoms. The summed E-state index contributed by atoms with van der Waals surface area (Å²) in [7, 11) is 0. The first-order chi connectivity index (χ1) is 6.63. The van der Waals surface area contributed by atoms with E-state index >= 15 is 0 Å². The minimum Gasteiger partial charge on any atom is -0.393 e. The predicted molar refractivity (Wildman–Crippen MR) is 54.9 cm³/mol. The molecular formula is C11H22O3. The molecular weight excluding hydrogens is 180 g/mol. The lowest BCUT2D eigenvalue weighted by molar-refractivity contribution is -0.00507. The predicted octanol–water partition coefficient (Wildman–Crippen LogP) is 1.06. The van der Waals surface area contributed by atoms with Gasteiger partial charge in [-0.05, 0) is 44.4 Å². The van der Waals surface area contributed by atoms with Crippen LogP contribution in [0.25, 0.3) is 0 Å². The third-order valence-electron chi connectivity index (χ3n) is 3.25. The second-order valence-corrected chi connectivity index (χ2v) is 4.45. The smallest absolute Gasteiger partial charge is 0.0801 e. The molecule has 1 rings (SSSR count). The molecule has 0 radical (unpaired) electrons. The van der Waals surface area contributed by atoms with Gasteiger partial charge < -0.3 is 15.3 Å². The van der Waals surface area contributed by atoms with Gasteiger partial charge in [0, 0.05) is 0 Å². The van der Waals surface area contributed by atoms with Gasteiger partial charge in [0.05, 0.1) is 18.3 Å². The number of aliphatic hydroxyl groups excluding tert-OH is 3. The Morgan fingerprint density at radius 1 is 1.07 bits per heavy atom. The average Bonchev–Trinajstić information content (AvgIpc) is 2.20.